The van der Waals surface area contributed by atoms with E-state index in [2.05, 4.69) is 0 Å². The molecule has 0 N–H and O–H groups in total. The number of ether oxygens (including phenoxy) is 2. The lowest BCUT2D eigenvalue weighted by Gasteiger charge is -2.17. The summed E-state index contributed by atoms with van der Waals surface area (Å²) in [6, 6.07) is 8.70. The number of carbonyl (C=O) groups is 1. The lowest BCUT2D eigenvalue weighted by molar-refractivity contribution is -0.134. The molecule has 0 atom stereocenters. The molecule has 0 saturated heterocycles. The lowest BCUT2D eigenvalue weighted by Crippen LogP contribution is -2.10. The maximum Gasteiger partial charge on any atom is 0.310 e. The van der Waals surface area contributed by atoms with E-state index in [0.717, 1.165) is 35.1 Å². The molecule has 0 heterocycles. The van der Waals surface area contributed by atoms with Crippen LogP contribution in [-0.2, 0) is 11.4 Å². The Morgan fingerprint density at radius 1 is 1.15 bits per heavy atom. The highest BCUT2D eigenvalue weighted by molar-refractivity contribution is 5.72. The average molecular weight is 374 g/mol. The van der Waals surface area contributed by atoms with Gasteiger partial charge in [0.25, 0.3) is 6.43 Å². The Kier molecular flexibility index (Phi) is 5.78. The van der Waals surface area contributed by atoms with Gasteiger partial charge in [-0.3, -0.25) is 4.79 Å². The van der Waals surface area contributed by atoms with Crippen LogP contribution in [-0.4, -0.2) is 5.97 Å². The number of hydrogen-bond donors (Lipinski definition) is 0. The van der Waals surface area contributed by atoms with E-state index in [1.807, 2.05) is 19.1 Å². The summed E-state index contributed by atoms with van der Waals surface area (Å²) < 4.78 is 38.1. The highest BCUT2D eigenvalue weighted by atomic mass is 19.3. The highest BCUT2D eigenvalue weighted by Gasteiger charge is 2.28. The van der Waals surface area contributed by atoms with Crippen molar-refractivity contribution < 1.29 is 23.0 Å². The average Bonchev–Trinajstić information content (AvgIpc) is 3.47. The molecule has 3 rings (SSSR count). The van der Waals surface area contributed by atoms with E-state index < -0.39 is 6.43 Å². The third kappa shape index (κ3) is 4.46. The van der Waals surface area contributed by atoms with Gasteiger partial charge in [-0.2, -0.15) is 0 Å². The molecule has 27 heavy (non-hydrogen) atoms. The molecule has 2 aromatic rings. The largest absolute Gasteiger partial charge is 0.488 e. The van der Waals surface area contributed by atoms with Crippen molar-refractivity contribution in [2.75, 3.05) is 0 Å². The van der Waals surface area contributed by atoms with Crippen LogP contribution in [0.2, 0.25) is 0 Å². The molecule has 3 nitrogen and oxygen atoms in total. The van der Waals surface area contributed by atoms with Crippen LogP contribution in [0.5, 0.6) is 11.5 Å². The first-order valence-electron chi connectivity index (χ1n) is 9.25. The van der Waals surface area contributed by atoms with Gasteiger partial charge in [0.2, 0.25) is 0 Å². The molecule has 0 aromatic heterocycles. The van der Waals surface area contributed by atoms with Gasteiger partial charge in [0, 0.05) is 12.0 Å². The van der Waals surface area contributed by atoms with Crippen LogP contribution in [0.25, 0.3) is 0 Å². The molecule has 144 valence electrons. The van der Waals surface area contributed by atoms with Gasteiger partial charge < -0.3 is 9.47 Å². The molecule has 1 saturated carbocycles. The van der Waals surface area contributed by atoms with Gasteiger partial charge in [0.05, 0.1) is 5.56 Å². The van der Waals surface area contributed by atoms with E-state index in [9.17, 15) is 13.6 Å². The first-order valence-corrected chi connectivity index (χ1v) is 9.25. The Bertz CT molecular complexity index is 842. The molecule has 0 amide bonds. The van der Waals surface area contributed by atoms with Crippen LogP contribution in [0.4, 0.5) is 8.78 Å². The van der Waals surface area contributed by atoms with Gasteiger partial charge in [-0.05, 0) is 67.5 Å². The second-order valence-electron chi connectivity index (χ2n) is 6.99. The summed E-state index contributed by atoms with van der Waals surface area (Å²) >= 11 is 0. The zero-order chi connectivity index (χ0) is 19.6. The Morgan fingerprint density at radius 2 is 1.85 bits per heavy atom. The summed E-state index contributed by atoms with van der Waals surface area (Å²) in [5.41, 5.74) is 3.41. The highest BCUT2D eigenvalue weighted by Crippen LogP contribution is 2.44. The quantitative estimate of drug-likeness (QED) is 0.440. The predicted molar refractivity (Wildman–Crippen MR) is 99.5 cm³/mol. The molecule has 0 radical (unpaired) electrons. The van der Waals surface area contributed by atoms with Crippen molar-refractivity contribution in [2.24, 2.45) is 0 Å². The Hall–Kier alpha value is -2.43. The van der Waals surface area contributed by atoms with Gasteiger partial charge in [-0.25, -0.2) is 8.78 Å². The topological polar surface area (TPSA) is 35.5 Å². The fraction of sp³-hybridized carbons (Fsp3) is 0.409. The Morgan fingerprint density at radius 3 is 2.48 bits per heavy atom. The molecule has 0 spiro atoms. The van der Waals surface area contributed by atoms with E-state index in [0.29, 0.717) is 11.7 Å². The van der Waals surface area contributed by atoms with Crippen LogP contribution < -0.4 is 9.47 Å². The van der Waals surface area contributed by atoms with Crippen molar-refractivity contribution in [3.8, 4) is 11.5 Å². The molecule has 0 aliphatic heterocycles. The molecular weight excluding hydrogens is 350 g/mol. The van der Waals surface area contributed by atoms with Crippen LogP contribution in [0, 0.1) is 13.8 Å². The fourth-order valence-corrected chi connectivity index (χ4v) is 3.06. The smallest absolute Gasteiger partial charge is 0.310 e. The predicted octanol–water partition coefficient (Wildman–Crippen LogP) is 6.01. The van der Waals surface area contributed by atoms with Gasteiger partial charge in [0.1, 0.15) is 18.1 Å². The molecular formula is C22H24F2O3. The number of halogens is 2. The van der Waals surface area contributed by atoms with E-state index in [1.54, 1.807) is 26.0 Å². The minimum atomic E-state index is -2.62. The standard InChI is InChI=1S/C22H24F2O3/c1-4-21(25)27-19-7-5-6-16(15-8-9-15)18(19)12-26-20-11-14(3)13(2)10-17(20)22(23)24/h5-7,10-11,15,22H,4,8-9,12H2,1-3H3. The third-order valence-electron chi connectivity index (χ3n) is 4.93. The van der Waals surface area contributed by atoms with E-state index in [-0.39, 0.29) is 30.3 Å². The van der Waals surface area contributed by atoms with E-state index in [1.165, 1.54) is 6.07 Å². The summed E-state index contributed by atoms with van der Waals surface area (Å²) in [4.78, 5) is 11.8. The SMILES string of the molecule is CCC(=O)Oc1cccc(C2CC2)c1COc1cc(C)c(C)cc1C(F)F. The number of esters is 1. The summed E-state index contributed by atoms with van der Waals surface area (Å²) in [5.74, 6) is 0.710. The molecule has 1 aliphatic carbocycles. The number of rotatable bonds is 7. The van der Waals surface area contributed by atoms with Crippen molar-refractivity contribution >= 4 is 5.97 Å². The molecule has 0 unspecified atom stereocenters. The lowest BCUT2D eigenvalue weighted by atomic mass is 10.0. The van der Waals surface area contributed by atoms with Gasteiger partial charge in [-0.15, -0.1) is 0 Å². The first kappa shape index (κ1) is 19.3. The maximum absolute atomic E-state index is 13.4. The third-order valence-corrected chi connectivity index (χ3v) is 4.93. The van der Waals surface area contributed by atoms with Crippen molar-refractivity contribution in [1.29, 1.82) is 0 Å². The number of hydrogen-bond acceptors (Lipinski definition) is 3. The fourth-order valence-electron chi connectivity index (χ4n) is 3.06. The summed E-state index contributed by atoms with van der Waals surface area (Å²) in [6.45, 7) is 5.48. The van der Waals surface area contributed by atoms with Crippen molar-refractivity contribution in [3.05, 3.63) is 58.1 Å². The summed E-state index contributed by atoms with van der Waals surface area (Å²) in [6.07, 6.45) is -0.204. The minimum absolute atomic E-state index is 0.0845. The van der Waals surface area contributed by atoms with Crippen LogP contribution >= 0.6 is 0 Å². The zero-order valence-electron chi connectivity index (χ0n) is 15.9. The van der Waals surface area contributed by atoms with Crippen molar-refractivity contribution in [3.63, 3.8) is 0 Å². The number of aryl methyl sites for hydroxylation is 2. The van der Waals surface area contributed by atoms with Crippen molar-refractivity contribution in [2.45, 2.75) is 59.0 Å². The first-order chi connectivity index (χ1) is 12.9. The van der Waals surface area contributed by atoms with E-state index >= 15 is 0 Å². The van der Waals surface area contributed by atoms with Gasteiger partial charge in [-0.1, -0.05) is 19.1 Å². The van der Waals surface area contributed by atoms with Gasteiger partial charge >= 0.3 is 5.97 Å². The normalized spacial score (nSPS) is 13.7. The number of alkyl halides is 2. The second kappa shape index (κ2) is 8.07. The van der Waals surface area contributed by atoms with Crippen LogP contribution in [0.3, 0.4) is 0 Å². The molecule has 1 aliphatic rings. The van der Waals surface area contributed by atoms with Crippen LogP contribution in [0.1, 0.15) is 66.3 Å². The Balaban J connectivity index is 1.91. The number of benzene rings is 2. The van der Waals surface area contributed by atoms with Gasteiger partial charge in [0.15, 0.2) is 0 Å². The zero-order valence-corrected chi connectivity index (χ0v) is 15.9. The molecule has 0 bridgehead atoms. The Labute approximate surface area is 158 Å². The summed E-state index contributed by atoms with van der Waals surface area (Å²) in [7, 11) is 0. The molecule has 5 heteroatoms. The molecule has 2 aromatic carbocycles. The van der Waals surface area contributed by atoms with E-state index in [4.69, 9.17) is 9.47 Å². The van der Waals surface area contributed by atoms with Crippen molar-refractivity contribution in [1.82, 2.24) is 0 Å². The second-order valence-corrected chi connectivity index (χ2v) is 6.99. The summed E-state index contributed by atoms with van der Waals surface area (Å²) in [5, 5.41) is 0. The number of carbonyl (C=O) groups excluding carboxylic acids is 1. The minimum Gasteiger partial charge on any atom is -0.488 e. The maximum atomic E-state index is 13.4. The van der Waals surface area contributed by atoms with Crippen LogP contribution in [0.15, 0.2) is 30.3 Å². The molecule has 1 fully saturated rings. The monoisotopic (exact) mass is 374 g/mol.